The van der Waals surface area contributed by atoms with Crippen LogP contribution in [0.3, 0.4) is 0 Å². The number of hydrogen-bond donors (Lipinski definition) is 2. The molecule has 0 bridgehead atoms. The molecule has 1 aromatic carbocycles. The Morgan fingerprint density at radius 3 is 2.59 bits per heavy atom. The van der Waals surface area contributed by atoms with Gasteiger partial charge in [0.05, 0.1) is 11.1 Å². The van der Waals surface area contributed by atoms with Crippen LogP contribution in [-0.4, -0.2) is 57.5 Å². The first kappa shape index (κ1) is 27.8. The van der Waals surface area contributed by atoms with E-state index in [9.17, 15) is 24.0 Å². The van der Waals surface area contributed by atoms with Crippen molar-refractivity contribution in [3.8, 4) is 0 Å². The number of piperidine rings is 1. The van der Waals surface area contributed by atoms with Crippen molar-refractivity contribution in [3.05, 3.63) is 34.4 Å². The standard InChI is InChI=1S/C26H35N5O6/c1-16-27-22-17(24(35)31(16)19-13-14-21(33)29-23(19)34)10-9-11-18(22)28-20(32)12-7-6-8-15-30(5)25(36)37-26(2,3)4/h9-11,19H,6-8,12-15H2,1-5H3,(H,28,32)(H,29,33,34). The Balaban J connectivity index is 1.60. The first-order valence-corrected chi connectivity index (χ1v) is 12.5. The van der Waals surface area contributed by atoms with Gasteiger partial charge in [0.2, 0.25) is 17.7 Å². The number of anilines is 1. The number of carbonyl (C=O) groups excluding carboxylic acids is 4. The van der Waals surface area contributed by atoms with Crippen LogP contribution in [0.5, 0.6) is 0 Å². The summed E-state index contributed by atoms with van der Waals surface area (Å²) in [5.41, 5.74) is -0.179. The number of nitrogens with one attached hydrogen (secondary N) is 2. The van der Waals surface area contributed by atoms with Crippen LogP contribution in [0.2, 0.25) is 0 Å². The maximum Gasteiger partial charge on any atom is 0.410 e. The first-order chi connectivity index (χ1) is 17.4. The van der Waals surface area contributed by atoms with Gasteiger partial charge in [0.15, 0.2) is 0 Å². The zero-order valence-electron chi connectivity index (χ0n) is 22.1. The highest BCUT2D eigenvalue weighted by molar-refractivity contribution is 6.01. The molecule has 0 aliphatic carbocycles. The van der Waals surface area contributed by atoms with Gasteiger partial charge in [0.1, 0.15) is 23.0 Å². The number of aryl methyl sites for hydroxylation is 1. The molecule has 1 fully saturated rings. The lowest BCUT2D eigenvalue weighted by molar-refractivity contribution is -0.135. The van der Waals surface area contributed by atoms with Crippen LogP contribution in [0.25, 0.3) is 10.9 Å². The number of para-hydroxylation sites is 1. The highest BCUT2D eigenvalue weighted by Crippen LogP contribution is 2.23. The SMILES string of the molecule is Cc1nc2c(NC(=O)CCCCCN(C)C(=O)OC(C)(C)C)cccc2c(=O)n1C1CCC(=O)NC1=O. The molecule has 1 saturated heterocycles. The first-order valence-electron chi connectivity index (χ1n) is 12.5. The number of unbranched alkanes of at least 4 members (excludes halogenated alkanes) is 2. The maximum atomic E-state index is 13.2. The van der Waals surface area contributed by atoms with E-state index in [1.54, 1.807) is 32.2 Å². The summed E-state index contributed by atoms with van der Waals surface area (Å²) in [4.78, 5) is 67.7. The number of fused-ring (bicyclic) bond motifs is 1. The fourth-order valence-corrected chi connectivity index (χ4v) is 4.18. The Bertz CT molecular complexity index is 1260. The van der Waals surface area contributed by atoms with Crippen LogP contribution in [0.1, 0.15) is 71.2 Å². The molecular weight excluding hydrogens is 478 g/mol. The lowest BCUT2D eigenvalue weighted by atomic mass is 10.1. The number of carbonyl (C=O) groups is 4. The van der Waals surface area contributed by atoms with Gasteiger partial charge in [0, 0.05) is 26.4 Å². The number of benzene rings is 1. The number of aromatic nitrogens is 2. The normalized spacial score (nSPS) is 15.9. The van der Waals surface area contributed by atoms with Gasteiger partial charge < -0.3 is 15.0 Å². The lowest BCUT2D eigenvalue weighted by Gasteiger charge is -2.24. The van der Waals surface area contributed by atoms with Gasteiger partial charge in [-0.2, -0.15) is 0 Å². The molecule has 11 heteroatoms. The number of nitrogens with zero attached hydrogens (tertiary/aromatic N) is 3. The Morgan fingerprint density at radius 1 is 1.19 bits per heavy atom. The summed E-state index contributed by atoms with van der Waals surface area (Å²) in [6.07, 6.45) is 2.39. The highest BCUT2D eigenvalue weighted by atomic mass is 16.6. The second-order valence-corrected chi connectivity index (χ2v) is 10.3. The van der Waals surface area contributed by atoms with Gasteiger partial charge in [0.25, 0.3) is 5.56 Å². The van der Waals surface area contributed by atoms with Crippen LogP contribution < -0.4 is 16.2 Å². The molecule has 37 heavy (non-hydrogen) atoms. The van der Waals surface area contributed by atoms with E-state index in [-0.39, 0.29) is 42.6 Å². The minimum atomic E-state index is -0.810. The van der Waals surface area contributed by atoms with Gasteiger partial charge in [-0.25, -0.2) is 9.78 Å². The zero-order valence-corrected chi connectivity index (χ0v) is 22.1. The van der Waals surface area contributed by atoms with Gasteiger partial charge in [-0.1, -0.05) is 12.5 Å². The lowest BCUT2D eigenvalue weighted by Crippen LogP contribution is -2.45. The monoisotopic (exact) mass is 513 g/mol. The van der Waals surface area contributed by atoms with Crippen molar-refractivity contribution in [2.45, 2.75) is 77.9 Å². The van der Waals surface area contributed by atoms with Crippen molar-refractivity contribution in [2.75, 3.05) is 18.9 Å². The third kappa shape index (κ3) is 7.14. The Labute approximate surface area is 215 Å². The maximum absolute atomic E-state index is 13.2. The van der Waals surface area contributed by atoms with Crippen LogP contribution in [0.15, 0.2) is 23.0 Å². The summed E-state index contributed by atoms with van der Waals surface area (Å²) in [6.45, 7) is 7.61. The van der Waals surface area contributed by atoms with Crippen molar-refractivity contribution in [1.82, 2.24) is 19.8 Å². The molecule has 1 aliphatic heterocycles. The van der Waals surface area contributed by atoms with E-state index in [0.29, 0.717) is 30.0 Å². The second kappa shape index (κ2) is 11.5. The van der Waals surface area contributed by atoms with Crippen LogP contribution in [0.4, 0.5) is 10.5 Å². The molecule has 3 rings (SSSR count). The summed E-state index contributed by atoms with van der Waals surface area (Å²) in [7, 11) is 1.68. The molecule has 200 valence electrons. The summed E-state index contributed by atoms with van der Waals surface area (Å²) >= 11 is 0. The topological polar surface area (TPSA) is 140 Å². The molecule has 0 radical (unpaired) electrons. The van der Waals surface area contributed by atoms with E-state index in [4.69, 9.17) is 4.74 Å². The number of amides is 4. The van der Waals surface area contributed by atoms with E-state index in [0.717, 1.165) is 12.8 Å². The van der Waals surface area contributed by atoms with Crippen molar-refractivity contribution >= 4 is 40.4 Å². The molecule has 1 aliphatic rings. The number of hydrogen-bond acceptors (Lipinski definition) is 7. The molecule has 11 nitrogen and oxygen atoms in total. The molecule has 1 unspecified atom stereocenters. The highest BCUT2D eigenvalue weighted by Gasteiger charge is 2.30. The van der Waals surface area contributed by atoms with Crippen LogP contribution >= 0.6 is 0 Å². The van der Waals surface area contributed by atoms with Crippen molar-refractivity contribution in [2.24, 2.45) is 0 Å². The number of imide groups is 1. The van der Waals surface area contributed by atoms with E-state index in [1.165, 1.54) is 9.47 Å². The Kier molecular flexibility index (Phi) is 8.67. The Hall–Kier alpha value is -3.76. The molecule has 2 heterocycles. The molecule has 2 N–H and O–H groups in total. The summed E-state index contributed by atoms with van der Waals surface area (Å²) in [6, 6.07) is 4.12. The van der Waals surface area contributed by atoms with E-state index in [1.807, 2.05) is 20.8 Å². The van der Waals surface area contributed by atoms with E-state index < -0.39 is 23.1 Å². The fourth-order valence-electron chi connectivity index (χ4n) is 4.18. The molecule has 0 saturated carbocycles. The largest absolute Gasteiger partial charge is 0.444 e. The van der Waals surface area contributed by atoms with Gasteiger partial charge in [-0.05, 0) is 59.1 Å². The van der Waals surface area contributed by atoms with Crippen molar-refractivity contribution in [1.29, 1.82) is 0 Å². The zero-order chi connectivity index (χ0) is 27.3. The smallest absolute Gasteiger partial charge is 0.410 e. The number of ether oxygens (including phenoxy) is 1. The third-order valence-corrected chi connectivity index (χ3v) is 6.01. The number of rotatable bonds is 8. The fraction of sp³-hybridized carbons (Fsp3) is 0.538. The predicted molar refractivity (Wildman–Crippen MR) is 138 cm³/mol. The second-order valence-electron chi connectivity index (χ2n) is 10.3. The molecule has 2 aromatic rings. The van der Waals surface area contributed by atoms with Crippen molar-refractivity contribution in [3.63, 3.8) is 0 Å². The van der Waals surface area contributed by atoms with Crippen LogP contribution in [-0.2, 0) is 19.1 Å². The predicted octanol–water partition coefficient (Wildman–Crippen LogP) is 3.05. The average Bonchev–Trinajstić information content (AvgIpc) is 2.79. The molecular formula is C26H35N5O6. The molecule has 4 amide bonds. The minimum absolute atomic E-state index is 0.147. The molecule has 1 atom stereocenters. The summed E-state index contributed by atoms with van der Waals surface area (Å²) in [5.74, 6) is -0.769. The third-order valence-electron chi connectivity index (χ3n) is 6.01. The summed E-state index contributed by atoms with van der Waals surface area (Å²) < 4.78 is 6.63. The molecule has 0 spiro atoms. The van der Waals surface area contributed by atoms with Gasteiger partial charge in [-0.15, -0.1) is 0 Å². The van der Waals surface area contributed by atoms with Gasteiger partial charge >= 0.3 is 6.09 Å². The van der Waals surface area contributed by atoms with Gasteiger partial charge in [-0.3, -0.25) is 29.1 Å². The van der Waals surface area contributed by atoms with Crippen LogP contribution in [0, 0.1) is 6.92 Å². The summed E-state index contributed by atoms with van der Waals surface area (Å²) in [5, 5.41) is 5.38. The minimum Gasteiger partial charge on any atom is -0.444 e. The molecule has 1 aromatic heterocycles. The van der Waals surface area contributed by atoms with E-state index in [2.05, 4.69) is 15.6 Å². The quantitative estimate of drug-likeness (QED) is 0.408. The average molecular weight is 514 g/mol. The van der Waals surface area contributed by atoms with Crippen molar-refractivity contribution < 1.29 is 23.9 Å². The Morgan fingerprint density at radius 2 is 1.92 bits per heavy atom. The van der Waals surface area contributed by atoms with E-state index >= 15 is 0 Å².